The number of aliphatic hydroxyl groups excluding tert-OH is 2. The Morgan fingerprint density at radius 1 is 1.20 bits per heavy atom. The molecule has 2 rings (SSSR count). The zero-order valence-corrected chi connectivity index (χ0v) is 13.3. The van der Waals surface area contributed by atoms with Crippen molar-refractivity contribution in [3.8, 4) is 0 Å². The summed E-state index contributed by atoms with van der Waals surface area (Å²) in [6, 6.07) is 7.27. The molecule has 0 radical (unpaired) electrons. The van der Waals surface area contributed by atoms with E-state index in [2.05, 4.69) is 0 Å². The van der Waals surface area contributed by atoms with Gasteiger partial charge in [-0.3, -0.25) is 0 Å². The van der Waals surface area contributed by atoms with E-state index in [1.54, 1.807) is 30.3 Å². The van der Waals surface area contributed by atoms with E-state index in [-0.39, 0.29) is 19.6 Å². The average molecular weight is 354 g/mol. The first kappa shape index (κ1) is 18.8. The second-order valence-electron chi connectivity index (χ2n) is 6.04. The highest BCUT2D eigenvalue weighted by Crippen LogP contribution is 2.30. The van der Waals surface area contributed by atoms with Crippen LogP contribution in [0.2, 0.25) is 0 Å². The third-order valence-corrected chi connectivity index (χ3v) is 4.27. The highest BCUT2D eigenvalue weighted by atomic mass is 16.6. The van der Waals surface area contributed by atoms with E-state index in [4.69, 9.17) is 9.84 Å². The third-order valence-electron chi connectivity index (χ3n) is 4.27. The Morgan fingerprint density at radius 3 is 2.40 bits per heavy atom. The van der Waals surface area contributed by atoms with Gasteiger partial charge in [0.2, 0.25) is 6.10 Å². The van der Waals surface area contributed by atoms with Crippen LogP contribution in [0.1, 0.15) is 12.0 Å². The zero-order chi connectivity index (χ0) is 18.6. The Labute approximate surface area is 143 Å². The van der Waals surface area contributed by atoms with Crippen molar-refractivity contribution in [3.63, 3.8) is 0 Å². The predicted octanol–water partition coefficient (Wildman–Crippen LogP) is -0.197. The summed E-state index contributed by atoms with van der Waals surface area (Å²) in [4.78, 5) is 35.1. The highest BCUT2D eigenvalue weighted by Gasteiger charge is 2.58. The Hall–Kier alpha value is -2.49. The standard InChI is InChI=1S/C16H19NO8/c18-11-6-12(14(20)21)17(7-11,8-13(19)15(22)23)16(24)25-9-10-4-2-1-3-5-10/h1-5,11-13,18-19H,6-9H2,(H-,20,21,22,23)/p+1/t11-,12-,13?,17+/m0/s1. The number of carbonyl (C=O) groups excluding carboxylic acids is 1. The lowest BCUT2D eigenvalue weighted by molar-refractivity contribution is -0.865. The first-order chi connectivity index (χ1) is 11.8. The molecule has 1 amide bonds. The minimum Gasteiger partial charge on any atom is -0.479 e. The fraction of sp³-hybridized carbons (Fsp3) is 0.438. The molecular weight excluding hydrogens is 334 g/mol. The maximum Gasteiger partial charge on any atom is 0.517 e. The van der Waals surface area contributed by atoms with Crippen LogP contribution in [-0.4, -0.2) is 74.3 Å². The quantitative estimate of drug-likeness (QED) is 0.515. The predicted molar refractivity (Wildman–Crippen MR) is 82.3 cm³/mol. The molecule has 0 spiro atoms. The van der Waals surface area contributed by atoms with Crippen LogP contribution in [0.25, 0.3) is 0 Å². The van der Waals surface area contributed by atoms with Crippen molar-refractivity contribution in [1.29, 1.82) is 0 Å². The molecule has 1 fully saturated rings. The van der Waals surface area contributed by atoms with Crippen LogP contribution >= 0.6 is 0 Å². The lowest BCUT2D eigenvalue weighted by Crippen LogP contribution is -2.62. The molecule has 4 atom stereocenters. The first-order valence-electron chi connectivity index (χ1n) is 7.66. The van der Waals surface area contributed by atoms with Crippen LogP contribution in [-0.2, 0) is 20.9 Å². The molecule has 1 saturated heterocycles. The van der Waals surface area contributed by atoms with Gasteiger partial charge in [-0.1, -0.05) is 30.3 Å². The number of benzene rings is 1. The zero-order valence-electron chi connectivity index (χ0n) is 13.3. The van der Waals surface area contributed by atoms with E-state index in [0.717, 1.165) is 0 Å². The van der Waals surface area contributed by atoms with Crippen LogP contribution in [0.15, 0.2) is 30.3 Å². The van der Waals surface area contributed by atoms with Gasteiger partial charge in [0.1, 0.15) is 25.8 Å². The van der Waals surface area contributed by atoms with Crippen LogP contribution in [0, 0.1) is 0 Å². The molecule has 9 heteroatoms. The molecule has 0 aromatic heterocycles. The number of hydrogen-bond donors (Lipinski definition) is 4. The number of hydrogen-bond acceptors (Lipinski definition) is 6. The molecule has 4 N–H and O–H groups in total. The van der Waals surface area contributed by atoms with Gasteiger partial charge in [-0.2, -0.15) is 4.79 Å². The van der Waals surface area contributed by atoms with Gasteiger partial charge in [-0.05, 0) is 5.56 Å². The summed E-state index contributed by atoms with van der Waals surface area (Å²) in [6.45, 7) is -1.17. The first-order valence-corrected chi connectivity index (χ1v) is 7.66. The van der Waals surface area contributed by atoms with Gasteiger partial charge >= 0.3 is 18.0 Å². The second kappa shape index (κ2) is 7.60. The minimum absolute atomic E-state index is 0.134. The maximum absolute atomic E-state index is 12.6. The molecule has 1 aliphatic rings. The van der Waals surface area contributed by atoms with E-state index in [1.165, 1.54) is 0 Å². The van der Waals surface area contributed by atoms with E-state index >= 15 is 0 Å². The molecule has 1 heterocycles. The Bertz CT molecular complexity index is 649. The molecule has 1 aromatic rings. The molecule has 0 bridgehead atoms. The van der Waals surface area contributed by atoms with Crippen molar-refractivity contribution in [3.05, 3.63) is 35.9 Å². The van der Waals surface area contributed by atoms with Crippen LogP contribution in [0.5, 0.6) is 0 Å². The van der Waals surface area contributed by atoms with Gasteiger partial charge in [-0.15, -0.1) is 0 Å². The van der Waals surface area contributed by atoms with Crippen molar-refractivity contribution in [2.45, 2.75) is 31.3 Å². The van der Waals surface area contributed by atoms with Crippen LogP contribution in [0.4, 0.5) is 4.79 Å². The van der Waals surface area contributed by atoms with Crippen LogP contribution in [0.3, 0.4) is 0 Å². The smallest absolute Gasteiger partial charge is 0.479 e. The number of amides is 1. The molecule has 0 aliphatic carbocycles. The SMILES string of the molecule is O=C(O)C(O)C[N@+]1(C(=O)OCc2ccccc2)C[C@@H](O)C[C@H]1C(=O)O. The van der Waals surface area contributed by atoms with Crippen molar-refractivity contribution in [1.82, 2.24) is 0 Å². The highest BCUT2D eigenvalue weighted by molar-refractivity contribution is 5.77. The summed E-state index contributed by atoms with van der Waals surface area (Å²) in [5, 5.41) is 37.8. The number of quaternary nitrogens is 1. The number of carboxylic acid groups (broad SMARTS) is 2. The van der Waals surface area contributed by atoms with E-state index < -0.39 is 47.3 Å². The normalized spacial score (nSPS) is 26.8. The fourth-order valence-corrected chi connectivity index (χ4v) is 3.06. The lowest BCUT2D eigenvalue weighted by atomic mass is 10.1. The van der Waals surface area contributed by atoms with Gasteiger partial charge in [-0.25, -0.2) is 14.1 Å². The summed E-state index contributed by atoms with van der Waals surface area (Å²) < 4.78 is 4.20. The molecule has 136 valence electrons. The molecular formula is C16H20NO8+. The third kappa shape index (κ3) is 4.13. The number of ether oxygens (including phenoxy) is 1. The molecule has 9 nitrogen and oxygen atoms in total. The van der Waals surface area contributed by atoms with Crippen molar-refractivity contribution in [2.24, 2.45) is 0 Å². The van der Waals surface area contributed by atoms with Gasteiger partial charge in [0.15, 0.2) is 6.04 Å². The van der Waals surface area contributed by atoms with Crippen molar-refractivity contribution >= 4 is 18.0 Å². The van der Waals surface area contributed by atoms with Gasteiger partial charge in [0.05, 0.1) is 0 Å². The Balaban J connectivity index is 2.25. The molecule has 1 aromatic carbocycles. The maximum atomic E-state index is 12.6. The number of likely N-dealkylation sites (tertiary alicyclic amines) is 1. The van der Waals surface area contributed by atoms with Crippen molar-refractivity contribution in [2.75, 3.05) is 13.1 Å². The Kier molecular flexibility index (Phi) is 5.73. The Morgan fingerprint density at radius 2 is 1.84 bits per heavy atom. The average Bonchev–Trinajstić information content (AvgIpc) is 2.91. The lowest BCUT2D eigenvalue weighted by Gasteiger charge is -2.34. The second-order valence-corrected chi connectivity index (χ2v) is 6.04. The summed E-state index contributed by atoms with van der Waals surface area (Å²) in [5.74, 6) is -2.95. The summed E-state index contributed by atoms with van der Waals surface area (Å²) in [7, 11) is 0. The van der Waals surface area contributed by atoms with E-state index in [9.17, 15) is 29.7 Å². The number of carboxylic acids is 2. The molecule has 1 unspecified atom stereocenters. The van der Waals surface area contributed by atoms with Gasteiger partial charge < -0.3 is 25.2 Å². The minimum atomic E-state index is -1.96. The fourth-order valence-electron chi connectivity index (χ4n) is 3.06. The number of aliphatic hydroxyl groups is 2. The summed E-state index contributed by atoms with van der Waals surface area (Å²) in [6.07, 6.45) is -4.31. The van der Waals surface area contributed by atoms with Gasteiger partial charge in [0.25, 0.3) is 0 Å². The number of aliphatic carboxylic acids is 2. The monoisotopic (exact) mass is 354 g/mol. The van der Waals surface area contributed by atoms with E-state index in [1.807, 2.05) is 0 Å². The molecule has 1 aliphatic heterocycles. The number of nitrogens with zero attached hydrogens (tertiary/aromatic N) is 1. The molecule has 0 saturated carbocycles. The largest absolute Gasteiger partial charge is 0.517 e. The van der Waals surface area contributed by atoms with E-state index in [0.29, 0.717) is 5.56 Å². The summed E-state index contributed by atoms with van der Waals surface area (Å²) >= 11 is 0. The topological polar surface area (TPSA) is 141 Å². The molecule has 25 heavy (non-hydrogen) atoms. The number of carbonyl (C=O) groups is 3. The summed E-state index contributed by atoms with van der Waals surface area (Å²) in [5.41, 5.74) is 0.666. The van der Waals surface area contributed by atoms with Gasteiger partial charge in [0, 0.05) is 6.42 Å². The van der Waals surface area contributed by atoms with Crippen molar-refractivity contribution < 1.29 is 44.0 Å². The van der Waals surface area contributed by atoms with Crippen LogP contribution < -0.4 is 0 Å². The number of rotatable bonds is 6.